The molecule has 0 spiro atoms. The van der Waals surface area contributed by atoms with Gasteiger partial charge in [0.2, 0.25) is 0 Å². The fraction of sp³-hybridized carbons (Fsp3) is 0.562. The summed E-state index contributed by atoms with van der Waals surface area (Å²) in [5.74, 6) is -0.804. The molecule has 2 N–H and O–H groups in total. The molecule has 11 heteroatoms. The maximum atomic E-state index is 14.4. The van der Waals surface area contributed by atoms with E-state index in [-0.39, 0.29) is 30.9 Å². The fourth-order valence-electron chi connectivity index (χ4n) is 2.41. The third kappa shape index (κ3) is 7.18. The van der Waals surface area contributed by atoms with Gasteiger partial charge in [0, 0.05) is 23.2 Å². The minimum absolute atomic E-state index is 0.0577. The first-order valence-corrected chi connectivity index (χ1v) is 9.50. The summed E-state index contributed by atoms with van der Waals surface area (Å²) in [6.07, 6.45) is -0.0577. The zero-order valence-electron chi connectivity index (χ0n) is 15.6. The van der Waals surface area contributed by atoms with Crippen molar-refractivity contribution in [1.82, 2.24) is 9.44 Å². The summed E-state index contributed by atoms with van der Waals surface area (Å²) in [6.45, 7) is 6.01. The lowest BCUT2D eigenvalue weighted by Gasteiger charge is -2.33. The molecule has 0 saturated carbocycles. The largest absolute Gasteiger partial charge is 0.366 e. The van der Waals surface area contributed by atoms with Gasteiger partial charge in [-0.15, -0.1) is 0 Å². The van der Waals surface area contributed by atoms with Gasteiger partial charge in [0.15, 0.2) is 0 Å². The zero-order valence-corrected chi connectivity index (χ0v) is 16.4. The fourth-order valence-corrected chi connectivity index (χ4v) is 4.07. The van der Waals surface area contributed by atoms with E-state index in [4.69, 9.17) is 10.00 Å². The second-order valence-electron chi connectivity index (χ2n) is 7.17. The lowest BCUT2D eigenvalue weighted by Crippen LogP contribution is -2.53. The smallest absolute Gasteiger partial charge is 0.278 e. The molecule has 0 bridgehead atoms. The molecule has 0 aliphatic rings. The molecule has 0 heterocycles. The Balaban J connectivity index is 3.32. The number of hydrogen-bond donors (Lipinski definition) is 2. The molecule has 1 atom stereocenters. The van der Waals surface area contributed by atoms with Crippen molar-refractivity contribution >= 4 is 15.9 Å². The molecule has 0 fully saturated rings. The predicted molar refractivity (Wildman–Crippen MR) is 96.4 cm³/mol. The molecule has 0 saturated heterocycles. The first-order valence-electron chi connectivity index (χ1n) is 8.02. The Labute approximate surface area is 157 Å². The average Bonchev–Trinajstić information content (AvgIpc) is 2.48. The molecule has 0 amide bonds. The van der Waals surface area contributed by atoms with E-state index in [0.29, 0.717) is 0 Å². The number of ether oxygens (including phenoxy) is 1. The Morgan fingerprint density at radius 2 is 1.93 bits per heavy atom. The van der Waals surface area contributed by atoms with Crippen molar-refractivity contribution in [2.75, 3.05) is 13.2 Å². The summed E-state index contributed by atoms with van der Waals surface area (Å²) in [4.78, 5) is 10.3. The molecular formula is C16H23FN4O5S. The molecule has 0 aliphatic carbocycles. The van der Waals surface area contributed by atoms with Crippen LogP contribution in [0.5, 0.6) is 0 Å². The van der Waals surface area contributed by atoms with E-state index in [9.17, 15) is 22.9 Å². The highest BCUT2D eigenvalue weighted by Crippen LogP contribution is 2.31. The maximum absolute atomic E-state index is 14.4. The first-order chi connectivity index (χ1) is 12.3. The van der Waals surface area contributed by atoms with Crippen LogP contribution < -0.4 is 9.44 Å². The maximum Gasteiger partial charge on any atom is 0.278 e. The van der Waals surface area contributed by atoms with Gasteiger partial charge in [0.05, 0.1) is 23.1 Å². The molecule has 1 rings (SSSR count). The van der Waals surface area contributed by atoms with E-state index in [0.717, 1.165) is 18.2 Å². The molecule has 0 radical (unpaired) electrons. The Bertz CT molecular complexity index is 832. The van der Waals surface area contributed by atoms with Crippen molar-refractivity contribution in [3.05, 3.63) is 39.7 Å². The number of nitriles is 1. The van der Waals surface area contributed by atoms with Crippen LogP contribution in [0, 0.1) is 27.3 Å². The molecule has 1 aromatic rings. The number of nitro groups is 1. The van der Waals surface area contributed by atoms with Crippen LogP contribution in [0.15, 0.2) is 18.2 Å². The van der Waals surface area contributed by atoms with Gasteiger partial charge in [0.25, 0.3) is 15.9 Å². The van der Waals surface area contributed by atoms with Crippen molar-refractivity contribution in [2.45, 2.75) is 45.2 Å². The molecule has 27 heavy (non-hydrogen) atoms. The normalized spacial score (nSPS) is 14.4. The van der Waals surface area contributed by atoms with Gasteiger partial charge in [-0.2, -0.15) is 23.1 Å². The van der Waals surface area contributed by atoms with Crippen molar-refractivity contribution in [3.63, 3.8) is 0 Å². The number of non-ortho nitro benzene ring substituents is 1. The minimum Gasteiger partial charge on any atom is -0.366 e. The van der Waals surface area contributed by atoms with Crippen LogP contribution in [0.4, 0.5) is 10.1 Å². The highest BCUT2D eigenvalue weighted by molar-refractivity contribution is 7.87. The summed E-state index contributed by atoms with van der Waals surface area (Å²) in [5, 5.41) is 19.6. The summed E-state index contributed by atoms with van der Waals surface area (Å²) in [5.41, 5.74) is -2.93. The van der Waals surface area contributed by atoms with E-state index < -0.39 is 32.0 Å². The highest BCUT2D eigenvalue weighted by Gasteiger charge is 2.36. The second-order valence-corrected chi connectivity index (χ2v) is 8.59. The van der Waals surface area contributed by atoms with Crippen LogP contribution in [0.2, 0.25) is 0 Å². The Hall–Kier alpha value is -2.13. The number of benzene rings is 1. The quantitative estimate of drug-likeness (QED) is 0.369. The standard InChI is InChI=1S/C16H23FN4O5S/c1-15(2,3)19-27(24,25)20-16(4,7-9-26-10-8-18)13-11-12(21(22)23)5-6-14(13)17/h5-6,11,19-20H,7,9-10H2,1-4H3/t16-/m0/s1. The number of rotatable bonds is 9. The topological polar surface area (TPSA) is 134 Å². The Kier molecular flexibility index (Phi) is 7.39. The van der Waals surface area contributed by atoms with E-state index in [1.165, 1.54) is 6.92 Å². The van der Waals surface area contributed by atoms with Gasteiger partial charge in [-0.25, -0.2) is 4.39 Å². The van der Waals surface area contributed by atoms with Gasteiger partial charge < -0.3 is 4.74 Å². The Morgan fingerprint density at radius 1 is 1.30 bits per heavy atom. The van der Waals surface area contributed by atoms with E-state index in [1.54, 1.807) is 26.8 Å². The number of nitro benzene ring substituents is 1. The van der Waals surface area contributed by atoms with Crippen LogP contribution in [0.1, 0.15) is 39.7 Å². The predicted octanol–water partition coefficient (Wildman–Crippen LogP) is 2.10. The Morgan fingerprint density at radius 3 is 2.44 bits per heavy atom. The SMILES string of the molecule is CC(C)(C)NS(=O)(=O)N[C@@](C)(CCOCC#N)c1cc([N+](=O)[O-])ccc1F. The minimum atomic E-state index is -4.09. The lowest BCUT2D eigenvalue weighted by atomic mass is 9.89. The molecule has 0 unspecified atom stereocenters. The van der Waals surface area contributed by atoms with Gasteiger partial charge in [-0.1, -0.05) is 0 Å². The molecule has 1 aromatic carbocycles. The summed E-state index contributed by atoms with van der Waals surface area (Å²) >= 11 is 0. The average molecular weight is 402 g/mol. The van der Waals surface area contributed by atoms with Crippen molar-refractivity contribution in [2.24, 2.45) is 0 Å². The van der Waals surface area contributed by atoms with Crippen LogP contribution in [0.3, 0.4) is 0 Å². The van der Waals surface area contributed by atoms with Crippen molar-refractivity contribution in [3.8, 4) is 6.07 Å². The molecule has 9 nitrogen and oxygen atoms in total. The van der Waals surface area contributed by atoms with Gasteiger partial charge in [-0.3, -0.25) is 10.1 Å². The monoisotopic (exact) mass is 402 g/mol. The van der Waals surface area contributed by atoms with Crippen molar-refractivity contribution in [1.29, 1.82) is 5.26 Å². The molecule has 150 valence electrons. The zero-order chi connectivity index (χ0) is 20.9. The molecule has 0 aliphatic heterocycles. The van der Waals surface area contributed by atoms with Gasteiger partial charge >= 0.3 is 0 Å². The number of nitrogens with zero attached hydrogens (tertiary/aromatic N) is 2. The summed E-state index contributed by atoms with van der Waals surface area (Å²) < 4.78 is 49.2. The summed E-state index contributed by atoms with van der Waals surface area (Å²) in [6, 6.07) is 4.66. The van der Waals surface area contributed by atoms with Crippen molar-refractivity contribution < 1.29 is 22.5 Å². The summed E-state index contributed by atoms with van der Waals surface area (Å²) in [7, 11) is -4.09. The molecular weight excluding hydrogens is 379 g/mol. The third-order valence-electron chi connectivity index (χ3n) is 3.47. The highest BCUT2D eigenvalue weighted by atomic mass is 32.2. The van der Waals surface area contributed by atoms with Crippen LogP contribution in [-0.2, 0) is 20.5 Å². The van der Waals surface area contributed by atoms with Crippen LogP contribution >= 0.6 is 0 Å². The van der Waals surface area contributed by atoms with E-state index >= 15 is 0 Å². The van der Waals surface area contributed by atoms with Crippen LogP contribution in [-0.4, -0.2) is 32.1 Å². The van der Waals surface area contributed by atoms with E-state index in [2.05, 4.69) is 9.44 Å². The second kappa shape index (κ2) is 8.71. The lowest BCUT2D eigenvalue weighted by molar-refractivity contribution is -0.385. The molecule has 0 aromatic heterocycles. The number of halogens is 1. The van der Waals surface area contributed by atoms with Gasteiger partial charge in [0.1, 0.15) is 12.4 Å². The number of nitrogens with one attached hydrogen (secondary N) is 2. The van der Waals surface area contributed by atoms with Gasteiger partial charge in [-0.05, 0) is 40.2 Å². The van der Waals surface area contributed by atoms with Crippen LogP contribution in [0.25, 0.3) is 0 Å². The third-order valence-corrected chi connectivity index (χ3v) is 5.07. The first kappa shape index (κ1) is 22.9. The number of hydrogen-bond acceptors (Lipinski definition) is 6. The van der Waals surface area contributed by atoms with E-state index in [1.807, 2.05) is 0 Å².